The lowest BCUT2D eigenvalue weighted by Crippen LogP contribution is -2.28. The first-order chi connectivity index (χ1) is 9.99. The van der Waals surface area contributed by atoms with E-state index in [1.807, 2.05) is 31.2 Å². The second-order valence-electron chi connectivity index (χ2n) is 4.47. The van der Waals surface area contributed by atoms with Crippen LogP contribution in [0.3, 0.4) is 0 Å². The first-order valence-electron chi connectivity index (χ1n) is 6.43. The summed E-state index contributed by atoms with van der Waals surface area (Å²) in [4.78, 5) is 0.0276. The molecule has 0 spiro atoms. The zero-order chi connectivity index (χ0) is 15.3. The maximum atomic E-state index is 12.8. The lowest BCUT2D eigenvalue weighted by molar-refractivity contribution is 0.320. The van der Waals surface area contributed by atoms with Crippen LogP contribution in [0, 0.1) is 12.7 Å². The Kier molecular flexibility index (Phi) is 4.93. The van der Waals surface area contributed by atoms with E-state index < -0.39 is 15.8 Å². The van der Waals surface area contributed by atoms with Gasteiger partial charge in [-0.05, 0) is 42.8 Å². The fourth-order valence-corrected chi connectivity index (χ4v) is 2.77. The number of para-hydroxylation sites is 1. The molecule has 4 nitrogen and oxygen atoms in total. The Hall–Kier alpha value is -1.92. The van der Waals surface area contributed by atoms with Crippen molar-refractivity contribution >= 4 is 10.0 Å². The van der Waals surface area contributed by atoms with Crippen LogP contribution in [0.5, 0.6) is 5.75 Å². The maximum Gasteiger partial charge on any atom is 0.240 e. The third kappa shape index (κ3) is 4.27. The molecule has 2 aromatic carbocycles. The van der Waals surface area contributed by atoms with Crippen molar-refractivity contribution < 1.29 is 17.5 Å². The molecule has 0 heterocycles. The predicted octanol–water partition coefficient (Wildman–Crippen LogP) is 2.49. The van der Waals surface area contributed by atoms with Gasteiger partial charge in [-0.1, -0.05) is 18.2 Å². The van der Waals surface area contributed by atoms with Gasteiger partial charge in [0.05, 0.1) is 4.90 Å². The molecule has 0 radical (unpaired) electrons. The Bertz CT molecular complexity index is 699. The summed E-state index contributed by atoms with van der Waals surface area (Å²) in [5.74, 6) is 0.246. The van der Waals surface area contributed by atoms with Crippen molar-refractivity contribution in [2.24, 2.45) is 0 Å². The Labute approximate surface area is 123 Å². The van der Waals surface area contributed by atoms with Crippen LogP contribution in [0.1, 0.15) is 5.56 Å². The smallest absolute Gasteiger partial charge is 0.240 e. The van der Waals surface area contributed by atoms with Gasteiger partial charge >= 0.3 is 0 Å². The van der Waals surface area contributed by atoms with Crippen LogP contribution < -0.4 is 9.46 Å². The van der Waals surface area contributed by atoms with Crippen molar-refractivity contribution in [3.05, 3.63) is 59.9 Å². The van der Waals surface area contributed by atoms with E-state index in [-0.39, 0.29) is 18.0 Å². The Balaban J connectivity index is 1.88. The standard InChI is InChI=1S/C15H16FNO3S/c1-12-4-2-3-5-15(12)20-11-10-17-21(18,19)14-8-6-13(16)7-9-14/h2-9,17H,10-11H2,1H3. The molecule has 0 aliphatic heterocycles. The molecule has 0 fully saturated rings. The van der Waals surface area contributed by atoms with Gasteiger partial charge in [0, 0.05) is 6.54 Å². The molecular formula is C15H16FNO3S. The molecule has 1 N–H and O–H groups in total. The molecule has 0 amide bonds. The maximum absolute atomic E-state index is 12.8. The average molecular weight is 309 g/mol. The van der Waals surface area contributed by atoms with Crippen LogP contribution in [-0.2, 0) is 10.0 Å². The van der Waals surface area contributed by atoms with E-state index >= 15 is 0 Å². The number of benzene rings is 2. The van der Waals surface area contributed by atoms with Crippen molar-refractivity contribution in [3.63, 3.8) is 0 Å². The number of ether oxygens (including phenoxy) is 1. The first-order valence-corrected chi connectivity index (χ1v) is 7.91. The molecule has 0 aliphatic carbocycles. The van der Waals surface area contributed by atoms with Gasteiger partial charge < -0.3 is 4.74 Å². The van der Waals surface area contributed by atoms with E-state index in [0.29, 0.717) is 0 Å². The van der Waals surface area contributed by atoms with Gasteiger partial charge in [-0.2, -0.15) is 0 Å². The lowest BCUT2D eigenvalue weighted by Gasteiger charge is -2.10. The van der Waals surface area contributed by atoms with Crippen molar-refractivity contribution in [3.8, 4) is 5.75 Å². The minimum absolute atomic E-state index is 0.0276. The summed E-state index contributed by atoms with van der Waals surface area (Å²) in [5, 5.41) is 0. The van der Waals surface area contributed by atoms with E-state index in [1.165, 1.54) is 12.1 Å². The van der Waals surface area contributed by atoms with E-state index in [0.717, 1.165) is 23.4 Å². The lowest BCUT2D eigenvalue weighted by atomic mass is 10.2. The van der Waals surface area contributed by atoms with E-state index in [4.69, 9.17) is 4.74 Å². The highest BCUT2D eigenvalue weighted by molar-refractivity contribution is 7.89. The molecule has 2 rings (SSSR count). The SMILES string of the molecule is Cc1ccccc1OCCNS(=O)(=O)c1ccc(F)cc1. The third-order valence-electron chi connectivity index (χ3n) is 2.87. The summed E-state index contributed by atoms with van der Waals surface area (Å²) in [7, 11) is -3.64. The predicted molar refractivity (Wildman–Crippen MR) is 78.3 cm³/mol. The first kappa shape index (κ1) is 15.5. The van der Waals surface area contributed by atoms with Crippen LogP contribution in [0.4, 0.5) is 4.39 Å². The summed E-state index contributed by atoms with van der Waals surface area (Å²) < 4.78 is 44.5. The van der Waals surface area contributed by atoms with Gasteiger partial charge in [0.2, 0.25) is 10.0 Å². The van der Waals surface area contributed by atoms with Gasteiger partial charge in [-0.25, -0.2) is 17.5 Å². The molecule has 2 aromatic rings. The van der Waals surface area contributed by atoms with Gasteiger partial charge in [0.1, 0.15) is 18.2 Å². The summed E-state index contributed by atoms with van der Waals surface area (Å²) in [6.45, 7) is 2.26. The van der Waals surface area contributed by atoms with Crippen molar-refractivity contribution in [2.45, 2.75) is 11.8 Å². The molecule has 0 atom stereocenters. The Morgan fingerprint density at radius 2 is 1.76 bits per heavy atom. The average Bonchev–Trinajstić information content (AvgIpc) is 2.46. The zero-order valence-electron chi connectivity index (χ0n) is 11.5. The van der Waals surface area contributed by atoms with Gasteiger partial charge in [0.25, 0.3) is 0 Å². The molecule has 21 heavy (non-hydrogen) atoms. The van der Waals surface area contributed by atoms with Crippen molar-refractivity contribution in [1.29, 1.82) is 0 Å². The summed E-state index contributed by atoms with van der Waals surface area (Å²) >= 11 is 0. The molecule has 0 bridgehead atoms. The number of halogens is 1. The summed E-state index contributed by atoms with van der Waals surface area (Å²) in [6.07, 6.45) is 0. The molecule has 0 saturated heterocycles. The quantitative estimate of drug-likeness (QED) is 0.834. The highest BCUT2D eigenvalue weighted by Gasteiger charge is 2.13. The molecule has 0 aliphatic rings. The Morgan fingerprint density at radius 3 is 2.43 bits per heavy atom. The molecule has 0 aromatic heterocycles. The van der Waals surface area contributed by atoms with Gasteiger partial charge in [-0.3, -0.25) is 0 Å². The monoisotopic (exact) mass is 309 g/mol. The highest BCUT2D eigenvalue weighted by atomic mass is 32.2. The van der Waals surface area contributed by atoms with Gasteiger partial charge in [0.15, 0.2) is 0 Å². The number of hydrogen-bond donors (Lipinski definition) is 1. The number of rotatable bonds is 6. The van der Waals surface area contributed by atoms with Crippen LogP contribution >= 0.6 is 0 Å². The molecular weight excluding hydrogens is 293 g/mol. The van der Waals surface area contributed by atoms with E-state index in [9.17, 15) is 12.8 Å². The fraction of sp³-hybridized carbons (Fsp3) is 0.200. The molecule has 0 saturated carbocycles. The normalized spacial score (nSPS) is 11.3. The topological polar surface area (TPSA) is 55.4 Å². The Morgan fingerprint density at radius 1 is 1.10 bits per heavy atom. The summed E-state index contributed by atoms with van der Waals surface area (Å²) in [6, 6.07) is 12.2. The number of hydrogen-bond acceptors (Lipinski definition) is 3. The molecule has 112 valence electrons. The van der Waals surface area contributed by atoms with Crippen LogP contribution in [-0.4, -0.2) is 21.6 Å². The number of aryl methyl sites for hydroxylation is 1. The highest BCUT2D eigenvalue weighted by Crippen LogP contribution is 2.15. The minimum Gasteiger partial charge on any atom is -0.492 e. The number of nitrogens with one attached hydrogen (secondary N) is 1. The number of sulfonamides is 1. The van der Waals surface area contributed by atoms with E-state index in [1.54, 1.807) is 0 Å². The van der Waals surface area contributed by atoms with Crippen LogP contribution in [0.15, 0.2) is 53.4 Å². The van der Waals surface area contributed by atoms with Crippen LogP contribution in [0.2, 0.25) is 0 Å². The second-order valence-corrected chi connectivity index (χ2v) is 6.23. The largest absolute Gasteiger partial charge is 0.492 e. The minimum atomic E-state index is -3.64. The van der Waals surface area contributed by atoms with Crippen molar-refractivity contribution in [2.75, 3.05) is 13.2 Å². The molecule has 0 unspecified atom stereocenters. The second kappa shape index (κ2) is 6.69. The van der Waals surface area contributed by atoms with Crippen molar-refractivity contribution in [1.82, 2.24) is 4.72 Å². The molecule has 6 heteroatoms. The van der Waals surface area contributed by atoms with Crippen LogP contribution in [0.25, 0.3) is 0 Å². The van der Waals surface area contributed by atoms with Gasteiger partial charge in [-0.15, -0.1) is 0 Å². The summed E-state index contributed by atoms with van der Waals surface area (Å²) in [5.41, 5.74) is 0.985. The zero-order valence-corrected chi connectivity index (χ0v) is 12.4. The van der Waals surface area contributed by atoms with E-state index in [2.05, 4.69) is 4.72 Å². The third-order valence-corrected chi connectivity index (χ3v) is 4.35. The fourth-order valence-electron chi connectivity index (χ4n) is 1.75.